The molecule has 13 heavy (non-hydrogen) atoms. The summed E-state index contributed by atoms with van der Waals surface area (Å²) in [6.07, 6.45) is 0.0895. The van der Waals surface area contributed by atoms with E-state index in [0.717, 1.165) is 0 Å². The SMILES string of the molecule is O=C([O-])CCS.O=C([O-])CCS.[Ca+2]. The van der Waals surface area contributed by atoms with Crippen LogP contribution < -0.4 is 10.2 Å². The first-order valence-electron chi connectivity index (χ1n) is 3.16. The minimum absolute atomic E-state index is 0. The van der Waals surface area contributed by atoms with Gasteiger partial charge in [0.15, 0.2) is 0 Å². The fourth-order valence-corrected chi connectivity index (χ4v) is 0.548. The number of carboxylic acids is 2. The summed E-state index contributed by atoms with van der Waals surface area (Å²) in [4.78, 5) is 18.9. The molecule has 0 saturated heterocycles. The molecule has 0 spiro atoms. The Hall–Kier alpha value is 0.900. The van der Waals surface area contributed by atoms with Crippen LogP contribution in [0.3, 0.4) is 0 Å². The Morgan fingerprint density at radius 2 is 1.15 bits per heavy atom. The second-order valence-electron chi connectivity index (χ2n) is 1.69. The van der Waals surface area contributed by atoms with E-state index in [4.69, 9.17) is 0 Å². The Labute approximate surface area is 118 Å². The normalized spacial score (nSPS) is 7.54. The van der Waals surface area contributed by atoms with Crippen molar-refractivity contribution in [2.75, 3.05) is 11.5 Å². The number of carbonyl (C=O) groups excluding carboxylic acids is 2. The molecule has 0 atom stereocenters. The molecule has 0 aromatic carbocycles. The van der Waals surface area contributed by atoms with Crippen molar-refractivity contribution in [1.29, 1.82) is 0 Å². The minimum atomic E-state index is -1.04. The molecule has 4 nitrogen and oxygen atoms in total. The third kappa shape index (κ3) is 32.2. The molecule has 0 aromatic heterocycles. The van der Waals surface area contributed by atoms with E-state index in [-0.39, 0.29) is 50.6 Å². The third-order valence-corrected chi connectivity index (χ3v) is 1.08. The molecule has 0 radical (unpaired) electrons. The van der Waals surface area contributed by atoms with Crippen LogP contribution in [0.15, 0.2) is 0 Å². The first-order chi connectivity index (χ1) is 5.54. The summed E-state index contributed by atoms with van der Waals surface area (Å²) in [6.45, 7) is 0. The second-order valence-corrected chi connectivity index (χ2v) is 2.59. The van der Waals surface area contributed by atoms with Crippen LogP contribution in [0.2, 0.25) is 0 Å². The zero-order valence-electron chi connectivity index (χ0n) is 7.06. The molecular formula is C6H10CaO4S2. The monoisotopic (exact) mass is 250 g/mol. The summed E-state index contributed by atoms with van der Waals surface area (Å²) in [7, 11) is 0. The molecular weight excluding hydrogens is 240 g/mol. The molecule has 0 rings (SSSR count). The molecule has 0 unspecified atom stereocenters. The van der Waals surface area contributed by atoms with Crippen molar-refractivity contribution < 1.29 is 19.8 Å². The van der Waals surface area contributed by atoms with E-state index >= 15 is 0 Å². The molecule has 0 fully saturated rings. The van der Waals surface area contributed by atoms with E-state index in [9.17, 15) is 19.8 Å². The van der Waals surface area contributed by atoms with Gasteiger partial charge in [0.2, 0.25) is 0 Å². The van der Waals surface area contributed by atoms with Crippen LogP contribution in [-0.2, 0) is 9.59 Å². The fourth-order valence-electron chi connectivity index (χ4n) is 0.183. The van der Waals surface area contributed by atoms with Crippen LogP contribution in [-0.4, -0.2) is 61.2 Å². The van der Waals surface area contributed by atoms with Crippen molar-refractivity contribution in [3.63, 3.8) is 0 Å². The molecule has 0 aliphatic carbocycles. The average molecular weight is 250 g/mol. The van der Waals surface area contributed by atoms with E-state index in [1.54, 1.807) is 0 Å². The summed E-state index contributed by atoms with van der Waals surface area (Å²) in [5.74, 6) is -1.35. The molecule has 0 aliphatic rings. The van der Waals surface area contributed by atoms with Gasteiger partial charge in [0.25, 0.3) is 0 Å². The van der Waals surface area contributed by atoms with E-state index in [1.807, 2.05) is 0 Å². The van der Waals surface area contributed by atoms with E-state index in [1.165, 1.54) is 0 Å². The zero-order valence-corrected chi connectivity index (χ0v) is 11.1. The maximum atomic E-state index is 9.44. The van der Waals surface area contributed by atoms with Gasteiger partial charge in [0.1, 0.15) is 0 Å². The first-order valence-corrected chi connectivity index (χ1v) is 4.42. The second kappa shape index (κ2) is 15.4. The topological polar surface area (TPSA) is 80.3 Å². The Morgan fingerprint density at radius 3 is 1.15 bits per heavy atom. The summed E-state index contributed by atoms with van der Waals surface area (Å²) in [5.41, 5.74) is 0. The Bertz CT molecular complexity index is 127. The largest absolute Gasteiger partial charge is 2.00 e. The van der Waals surface area contributed by atoms with Crippen LogP contribution in [0.1, 0.15) is 12.8 Å². The summed E-state index contributed by atoms with van der Waals surface area (Å²) in [6, 6.07) is 0. The number of hydrogen-bond donors (Lipinski definition) is 2. The predicted molar refractivity (Wildman–Crippen MR) is 52.7 cm³/mol. The van der Waals surface area contributed by atoms with Crippen molar-refractivity contribution in [1.82, 2.24) is 0 Å². The van der Waals surface area contributed by atoms with Crippen molar-refractivity contribution in [2.45, 2.75) is 12.8 Å². The molecule has 0 N–H and O–H groups in total. The summed E-state index contributed by atoms with van der Waals surface area (Å²) >= 11 is 7.28. The van der Waals surface area contributed by atoms with Gasteiger partial charge < -0.3 is 19.8 Å². The maximum Gasteiger partial charge on any atom is 2.00 e. The number of thiol groups is 2. The Morgan fingerprint density at radius 1 is 0.923 bits per heavy atom. The van der Waals surface area contributed by atoms with Crippen LogP contribution in [0.25, 0.3) is 0 Å². The van der Waals surface area contributed by atoms with Crippen LogP contribution in [0.5, 0.6) is 0 Å². The van der Waals surface area contributed by atoms with Crippen molar-refractivity contribution >= 4 is 74.9 Å². The van der Waals surface area contributed by atoms with Gasteiger partial charge in [-0.25, -0.2) is 0 Å². The minimum Gasteiger partial charge on any atom is -0.550 e. The fraction of sp³-hybridized carbons (Fsp3) is 0.667. The first kappa shape index (κ1) is 19.5. The van der Waals surface area contributed by atoms with Crippen molar-refractivity contribution in [2.24, 2.45) is 0 Å². The molecule has 0 saturated carbocycles. The number of carboxylic acid groups (broad SMARTS) is 2. The van der Waals surface area contributed by atoms with Gasteiger partial charge in [-0.05, 0) is 24.3 Å². The Balaban J connectivity index is -0.000000143. The van der Waals surface area contributed by atoms with Gasteiger partial charge in [-0.15, -0.1) is 0 Å². The van der Waals surface area contributed by atoms with Crippen LogP contribution in [0.4, 0.5) is 0 Å². The quantitative estimate of drug-likeness (QED) is 0.436. The van der Waals surface area contributed by atoms with E-state index in [0.29, 0.717) is 11.5 Å². The van der Waals surface area contributed by atoms with Gasteiger partial charge in [0, 0.05) is 11.9 Å². The number of carbonyl (C=O) groups is 2. The molecule has 72 valence electrons. The van der Waals surface area contributed by atoms with E-state index < -0.39 is 11.9 Å². The van der Waals surface area contributed by atoms with Gasteiger partial charge in [-0.1, -0.05) is 0 Å². The molecule has 7 heteroatoms. The number of aliphatic carboxylic acids is 2. The zero-order chi connectivity index (χ0) is 9.98. The van der Waals surface area contributed by atoms with Gasteiger partial charge in [-0.3, -0.25) is 0 Å². The molecule has 0 aliphatic heterocycles. The average Bonchev–Trinajstić information content (AvgIpc) is 1.87. The van der Waals surface area contributed by atoms with Crippen molar-refractivity contribution in [3.8, 4) is 0 Å². The maximum absolute atomic E-state index is 9.44. The smallest absolute Gasteiger partial charge is 0.550 e. The Kier molecular flexibility index (Phi) is 23.0. The van der Waals surface area contributed by atoms with E-state index in [2.05, 4.69) is 25.3 Å². The number of rotatable bonds is 4. The summed E-state index contributed by atoms with van der Waals surface area (Å²) < 4.78 is 0. The van der Waals surface area contributed by atoms with Gasteiger partial charge in [0.05, 0.1) is 0 Å². The molecule has 0 amide bonds. The standard InChI is InChI=1S/2C3H6O2S.Ca/c2*4-3(5)1-2-6;/h2*6H,1-2H2,(H,4,5);/q;;+2/p-2. The summed E-state index contributed by atoms with van der Waals surface area (Å²) in [5, 5.41) is 18.9. The van der Waals surface area contributed by atoms with Gasteiger partial charge in [-0.2, -0.15) is 25.3 Å². The molecule has 0 bridgehead atoms. The van der Waals surface area contributed by atoms with Crippen molar-refractivity contribution in [3.05, 3.63) is 0 Å². The molecule has 0 heterocycles. The van der Waals surface area contributed by atoms with Crippen LogP contribution in [0, 0.1) is 0 Å². The van der Waals surface area contributed by atoms with Crippen LogP contribution >= 0.6 is 25.3 Å². The third-order valence-electron chi connectivity index (χ3n) is 0.632. The van der Waals surface area contributed by atoms with Gasteiger partial charge >= 0.3 is 37.7 Å². The molecule has 0 aromatic rings. The number of hydrogen-bond acceptors (Lipinski definition) is 6. The predicted octanol–water partition coefficient (Wildman–Crippen LogP) is -2.27.